The number of hydrogen-bond acceptors (Lipinski definition) is 4. The molecule has 1 unspecified atom stereocenters. The molecule has 1 saturated heterocycles. The minimum absolute atomic E-state index is 0.103. The number of pyridine rings is 1. The molecule has 14 heavy (non-hydrogen) atoms. The van der Waals surface area contributed by atoms with Crippen LogP contribution < -0.4 is 4.90 Å². The van der Waals surface area contributed by atoms with Crippen LogP contribution in [0.5, 0.6) is 0 Å². The number of ether oxygens (including phenoxy) is 1. The zero-order valence-electron chi connectivity index (χ0n) is 7.46. The fourth-order valence-corrected chi connectivity index (χ4v) is 1.42. The van der Waals surface area contributed by atoms with Gasteiger partial charge in [-0.2, -0.15) is 0 Å². The molecule has 0 radical (unpaired) electrons. The fraction of sp³-hybridized carbons (Fsp3) is 0.333. The fourth-order valence-electron chi connectivity index (χ4n) is 1.42. The Morgan fingerprint density at radius 1 is 1.57 bits per heavy atom. The van der Waals surface area contributed by atoms with Crippen LogP contribution in [0.4, 0.5) is 10.5 Å². The summed E-state index contributed by atoms with van der Waals surface area (Å²) in [7, 11) is 0. The molecule has 5 heteroatoms. The average Bonchev–Trinajstić information content (AvgIpc) is 2.61. The Morgan fingerprint density at radius 2 is 2.29 bits per heavy atom. The first kappa shape index (κ1) is 8.96. The van der Waals surface area contributed by atoms with Gasteiger partial charge in [-0.15, -0.1) is 0 Å². The Labute approximate surface area is 80.9 Å². The maximum Gasteiger partial charge on any atom is 0.414 e. The van der Waals surface area contributed by atoms with Crippen molar-refractivity contribution in [3.8, 4) is 0 Å². The van der Waals surface area contributed by atoms with Gasteiger partial charge in [0.25, 0.3) is 0 Å². The van der Waals surface area contributed by atoms with Crippen molar-refractivity contribution in [1.82, 2.24) is 4.98 Å². The molecular formula is C9H10N2O3. The van der Waals surface area contributed by atoms with Crippen LogP contribution in [0.1, 0.15) is 0 Å². The Hall–Kier alpha value is -1.62. The number of nitrogens with zero attached hydrogens (tertiary/aromatic N) is 2. The third kappa shape index (κ3) is 1.42. The highest BCUT2D eigenvalue weighted by Gasteiger charge is 2.33. The third-order valence-corrected chi connectivity index (χ3v) is 2.11. The minimum Gasteiger partial charge on any atom is -0.447 e. The van der Waals surface area contributed by atoms with E-state index in [2.05, 4.69) is 4.98 Å². The molecule has 0 aliphatic carbocycles. The van der Waals surface area contributed by atoms with Gasteiger partial charge in [0, 0.05) is 12.4 Å². The number of amides is 1. The molecule has 0 spiro atoms. The van der Waals surface area contributed by atoms with E-state index in [4.69, 9.17) is 9.84 Å². The molecule has 1 fully saturated rings. The van der Waals surface area contributed by atoms with Crippen molar-refractivity contribution in [1.29, 1.82) is 0 Å². The van der Waals surface area contributed by atoms with Gasteiger partial charge in [0.05, 0.1) is 18.3 Å². The summed E-state index contributed by atoms with van der Waals surface area (Å²) in [5.41, 5.74) is 0.696. The number of aliphatic hydroxyl groups is 1. The van der Waals surface area contributed by atoms with E-state index in [1.54, 1.807) is 24.5 Å². The van der Waals surface area contributed by atoms with Gasteiger partial charge in [-0.3, -0.25) is 9.88 Å². The number of aliphatic hydroxyl groups excluding tert-OH is 1. The number of aromatic nitrogens is 1. The second-order valence-corrected chi connectivity index (χ2v) is 2.99. The first-order valence-electron chi connectivity index (χ1n) is 4.30. The smallest absolute Gasteiger partial charge is 0.414 e. The maximum absolute atomic E-state index is 11.3. The van der Waals surface area contributed by atoms with Crippen molar-refractivity contribution in [2.24, 2.45) is 0 Å². The van der Waals surface area contributed by atoms with E-state index in [-0.39, 0.29) is 19.3 Å². The summed E-state index contributed by atoms with van der Waals surface area (Å²) >= 11 is 0. The topological polar surface area (TPSA) is 62.7 Å². The van der Waals surface area contributed by atoms with E-state index in [9.17, 15) is 4.79 Å². The Kier molecular flexibility index (Phi) is 2.32. The summed E-state index contributed by atoms with van der Waals surface area (Å²) in [5.74, 6) is 0. The second kappa shape index (κ2) is 3.63. The van der Waals surface area contributed by atoms with Gasteiger partial charge in [-0.25, -0.2) is 4.79 Å². The SMILES string of the molecule is O=C1OCC(CO)N1c1ccncc1. The summed E-state index contributed by atoms with van der Waals surface area (Å²) in [5, 5.41) is 9.03. The molecule has 0 aromatic carbocycles. The van der Waals surface area contributed by atoms with Crippen molar-refractivity contribution >= 4 is 11.8 Å². The maximum atomic E-state index is 11.3. The molecule has 74 valence electrons. The molecule has 2 rings (SSSR count). The number of anilines is 1. The van der Waals surface area contributed by atoms with Crippen molar-refractivity contribution in [3.63, 3.8) is 0 Å². The molecule has 1 aromatic heterocycles. The molecule has 1 aromatic rings. The molecule has 1 atom stereocenters. The van der Waals surface area contributed by atoms with Crippen LogP contribution in [0.15, 0.2) is 24.5 Å². The number of carbonyl (C=O) groups is 1. The Morgan fingerprint density at radius 3 is 2.93 bits per heavy atom. The van der Waals surface area contributed by atoms with Crippen molar-refractivity contribution in [2.45, 2.75) is 6.04 Å². The highest BCUT2D eigenvalue weighted by atomic mass is 16.6. The third-order valence-electron chi connectivity index (χ3n) is 2.11. The van der Waals surface area contributed by atoms with Gasteiger partial charge in [-0.05, 0) is 12.1 Å². The Bertz CT molecular complexity index is 328. The van der Waals surface area contributed by atoms with Crippen LogP contribution >= 0.6 is 0 Å². The van der Waals surface area contributed by atoms with E-state index in [0.717, 1.165) is 0 Å². The van der Waals surface area contributed by atoms with Crippen LogP contribution in [-0.4, -0.2) is 35.4 Å². The average molecular weight is 194 g/mol. The monoisotopic (exact) mass is 194 g/mol. The molecule has 0 saturated carbocycles. The summed E-state index contributed by atoms with van der Waals surface area (Å²) in [6.07, 6.45) is 2.76. The molecule has 5 nitrogen and oxygen atoms in total. The first-order valence-corrected chi connectivity index (χ1v) is 4.30. The van der Waals surface area contributed by atoms with Gasteiger partial charge in [0.15, 0.2) is 0 Å². The molecular weight excluding hydrogens is 184 g/mol. The number of hydrogen-bond donors (Lipinski definition) is 1. The molecule has 0 bridgehead atoms. The van der Waals surface area contributed by atoms with Gasteiger partial charge in [-0.1, -0.05) is 0 Å². The number of cyclic esters (lactones) is 1. The van der Waals surface area contributed by atoms with Crippen molar-refractivity contribution in [3.05, 3.63) is 24.5 Å². The molecule has 1 aliphatic heterocycles. The second-order valence-electron chi connectivity index (χ2n) is 2.99. The van der Waals surface area contributed by atoms with Crippen molar-refractivity contribution < 1.29 is 14.6 Å². The van der Waals surface area contributed by atoms with Gasteiger partial charge in [0.2, 0.25) is 0 Å². The summed E-state index contributed by atoms with van der Waals surface area (Å²) in [6, 6.07) is 3.12. The predicted molar refractivity (Wildman–Crippen MR) is 48.9 cm³/mol. The lowest BCUT2D eigenvalue weighted by atomic mass is 10.2. The summed E-state index contributed by atoms with van der Waals surface area (Å²) in [4.78, 5) is 16.6. The quantitative estimate of drug-likeness (QED) is 0.740. The van der Waals surface area contributed by atoms with E-state index in [0.29, 0.717) is 5.69 Å². The standard InChI is InChI=1S/C9H10N2O3/c12-5-8-6-14-9(13)11(8)7-1-3-10-4-2-7/h1-4,8,12H,5-6H2. The van der Waals surface area contributed by atoms with Crippen LogP contribution in [0, 0.1) is 0 Å². The normalized spacial score (nSPS) is 21.1. The molecule has 1 aliphatic rings. The highest BCUT2D eigenvalue weighted by molar-refractivity contribution is 5.90. The lowest BCUT2D eigenvalue weighted by Gasteiger charge is -2.18. The Balaban J connectivity index is 2.28. The number of carbonyl (C=O) groups excluding carboxylic acids is 1. The first-order chi connectivity index (χ1) is 6.83. The van der Waals surface area contributed by atoms with E-state index >= 15 is 0 Å². The zero-order valence-corrected chi connectivity index (χ0v) is 7.46. The minimum atomic E-state index is -0.421. The van der Waals surface area contributed by atoms with E-state index in [1.807, 2.05) is 0 Å². The zero-order chi connectivity index (χ0) is 9.97. The van der Waals surface area contributed by atoms with Gasteiger partial charge in [0.1, 0.15) is 6.61 Å². The predicted octanol–water partition coefficient (Wildman–Crippen LogP) is 0.399. The van der Waals surface area contributed by atoms with Gasteiger partial charge < -0.3 is 9.84 Å². The van der Waals surface area contributed by atoms with Crippen LogP contribution in [0.3, 0.4) is 0 Å². The summed E-state index contributed by atoms with van der Waals surface area (Å²) < 4.78 is 4.83. The lowest BCUT2D eigenvalue weighted by Crippen LogP contribution is -2.35. The molecule has 2 heterocycles. The lowest BCUT2D eigenvalue weighted by molar-refractivity contribution is 0.174. The van der Waals surface area contributed by atoms with Crippen LogP contribution in [0.25, 0.3) is 0 Å². The van der Waals surface area contributed by atoms with Gasteiger partial charge >= 0.3 is 6.09 Å². The largest absolute Gasteiger partial charge is 0.447 e. The highest BCUT2D eigenvalue weighted by Crippen LogP contribution is 2.21. The van der Waals surface area contributed by atoms with E-state index < -0.39 is 6.09 Å². The number of rotatable bonds is 2. The molecule has 1 amide bonds. The molecule has 1 N–H and O–H groups in total. The van der Waals surface area contributed by atoms with Crippen molar-refractivity contribution in [2.75, 3.05) is 18.1 Å². The van der Waals surface area contributed by atoms with E-state index in [1.165, 1.54) is 4.90 Å². The van der Waals surface area contributed by atoms with Crippen LogP contribution in [0.2, 0.25) is 0 Å². The summed E-state index contributed by atoms with van der Waals surface area (Å²) in [6.45, 7) is 0.131. The van der Waals surface area contributed by atoms with Crippen LogP contribution in [-0.2, 0) is 4.74 Å².